The number of hydrogen-bond acceptors (Lipinski definition) is 5. The molecule has 1 N–H and O–H groups in total. The Hall–Kier alpha value is -1.20. The zero-order valence-electron chi connectivity index (χ0n) is 8.76. The molecule has 0 saturated carbocycles. The summed E-state index contributed by atoms with van der Waals surface area (Å²) >= 11 is 0. The van der Waals surface area contributed by atoms with Gasteiger partial charge in [-0.05, 0) is 6.42 Å². The zero-order valence-corrected chi connectivity index (χ0v) is 8.76. The molecule has 0 aromatic carbocycles. The molecular weight excluding hydrogens is 194 g/mol. The quantitative estimate of drug-likeness (QED) is 0.762. The molecule has 1 saturated heterocycles. The third kappa shape index (κ3) is 2.43. The van der Waals surface area contributed by atoms with E-state index in [-0.39, 0.29) is 6.10 Å². The Labute approximate surface area is 88.7 Å². The first-order valence-electron chi connectivity index (χ1n) is 5.04. The summed E-state index contributed by atoms with van der Waals surface area (Å²) in [6.45, 7) is 2.30. The molecule has 0 aliphatic carbocycles. The first-order chi connectivity index (χ1) is 7.29. The average Bonchev–Trinajstić information content (AvgIpc) is 2.65. The molecule has 0 spiro atoms. The van der Waals surface area contributed by atoms with Crippen LogP contribution in [0.3, 0.4) is 0 Å². The molecule has 1 atom stereocenters. The molecule has 1 aromatic rings. The molecule has 1 aliphatic rings. The predicted molar refractivity (Wildman–Crippen MR) is 54.5 cm³/mol. The van der Waals surface area contributed by atoms with Crippen LogP contribution in [0.1, 0.15) is 12.1 Å². The number of aromatic nitrogens is 2. The van der Waals surface area contributed by atoms with Crippen molar-refractivity contribution in [1.82, 2.24) is 14.9 Å². The topological polar surface area (TPSA) is 58.5 Å². The van der Waals surface area contributed by atoms with Gasteiger partial charge in [-0.3, -0.25) is 9.88 Å². The van der Waals surface area contributed by atoms with Crippen LogP contribution < -0.4 is 4.74 Å². The van der Waals surface area contributed by atoms with Gasteiger partial charge in [0.25, 0.3) is 0 Å². The van der Waals surface area contributed by atoms with E-state index in [0.29, 0.717) is 19.0 Å². The molecule has 0 unspecified atom stereocenters. The van der Waals surface area contributed by atoms with E-state index < -0.39 is 0 Å². The van der Waals surface area contributed by atoms with Crippen molar-refractivity contribution in [2.45, 2.75) is 19.1 Å². The van der Waals surface area contributed by atoms with Crippen molar-refractivity contribution in [3.63, 3.8) is 0 Å². The van der Waals surface area contributed by atoms with Crippen LogP contribution in [0.2, 0.25) is 0 Å². The van der Waals surface area contributed by atoms with Gasteiger partial charge in [0.1, 0.15) is 5.69 Å². The van der Waals surface area contributed by atoms with Crippen molar-refractivity contribution in [2.75, 3.05) is 20.2 Å². The Morgan fingerprint density at radius 2 is 2.33 bits per heavy atom. The molecule has 15 heavy (non-hydrogen) atoms. The van der Waals surface area contributed by atoms with Crippen LogP contribution >= 0.6 is 0 Å². The highest BCUT2D eigenvalue weighted by Gasteiger charge is 2.21. The Morgan fingerprint density at radius 1 is 1.53 bits per heavy atom. The van der Waals surface area contributed by atoms with Crippen LogP contribution in [-0.2, 0) is 6.54 Å². The predicted octanol–water partition coefficient (Wildman–Crippen LogP) is 0.0518. The van der Waals surface area contributed by atoms with Gasteiger partial charge in [-0.15, -0.1) is 0 Å². The van der Waals surface area contributed by atoms with E-state index >= 15 is 0 Å². The Bertz CT molecular complexity index is 332. The monoisotopic (exact) mass is 209 g/mol. The van der Waals surface area contributed by atoms with Gasteiger partial charge >= 0.3 is 0 Å². The second-order valence-corrected chi connectivity index (χ2v) is 3.69. The van der Waals surface area contributed by atoms with Gasteiger partial charge in [0.2, 0.25) is 5.88 Å². The summed E-state index contributed by atoms with van der Waals surface area (Å²) in [6.07, 6.45) is 3.90. The zero-order chi connectivity index (χ0) is 10.7. The fraction of sp³-hybridized carbons (Fsp3) is 0.600. The second-order valence-electron chi connectivity index (χ2n) is 3.69. The average molecular weight is 209 g/mol. The largest absolute Gasteiger partial charge is 0.480 e. The molecular formula is C10H15N3O2. The van der Waals surface area contributed by atoms with Crippen molar-refractivity contribution in [2.24, 2.45) is 0 Å². The summed E-state index contributed by atoms with van der Waals surface area (Å²) in [5.74, 6) is 0.568. The molecule has 1 aromatic heterocycles. The third-order valence-electron chi connectivity index (χ3n) is 2.55. The highest BCUT2D eigenvalue weighted by Crippen LogP contribution is 2.17. The standard InChI is InChI=1S/C10H15N3O2/c1-15-10-9(11-3-4-12-10)7-13-5-2-8(14)6-13/h3-4,8,14H,2,5-7H2,1H3/t8-/m0/s1. The first kappa shape index (κ1) is 10.3. The van der Waals surface area contributed by atoms with Gasteiger partial charge in [0, 0.05) is 32.0 Å². The molecule has 5 heteroatoms. The Balaban J connectivity index is 2.04. The van der Waals surface area contributed by atoms with E-state index in [1.807, 2.05) is 0 Å². The lowest BCUT2D eigenvalue weighted by molar-refractivity contribution is 0.174. The number of likely N-dealkylation sites (tertiary alicyclic amines) is 1. The number of methoxy groups -OCH3 is 1. The molecule has 82 valence electrons. The van der Waals surface area contributed by atoms with Crippen molar-refractivity contribution in [1.29, 1.82) is 0 Å². The number of aliphatic hydroxyl groups is 1. The van der Waals surface area contributed by atoms with Crippen LogP contribution in [-0.4, -0.2) is 46.3 Å². The van der Waals surface area contributed by atoms with Crippen LogP contribution in [0, 0.1) is 0 Å². The fourth-order valence-electron chi connectivity index (χ4n) is 1.80. The lowest BCUT2D eigenvalue weighted by Gasteiger charge is -2.15. The van der Waals surface area contributed by atoms with Crippen molar-refractivity contribution < 1.29 is 9.84 Å². The number of aliphatic hydroxyl groups excluding tert-OH is 1. The maximum absolute atomic E-state index is 9.40. The van der Waals surface area contributed by atoms with Gasteiger partial charge < -0.3 is 9.84 Å². The lowest BCUT2D eigenvalue weighted by atomic mass is 10.3. The fourth-order valence-corrected chi connectivity index (χ4v) is 1.80. The van der Waals surface area contributed by atoms with E-state index in [4.69, 9.17) is 4.74 Å². The summed E-state index contributed by atoms with van der Waals surface area (Å²) < 4.78 is 5.12. The Kier molecular flexibility index (Phi) is 3.13. The van der Waals surface area contributed by atoms with Gasteiger partial charge in [-0.2, -0.15) is 0 Å². The van der Waals surface area contributed by atoms with E-state index in [2.05, 4.69) is 14.9 Å². The summed E-state index contributed by atoms with van der Waals surface area (Å²) in [6, 6.07) is 0. The SMILES string of the molecule is COc1nccnc1CN1CC[C@H](O)C1. The van der Waals surface area contributed by atoms with E-state index in [1.54, 1.807) is 19.5 Å². The van der Waals surface area contributed by atoms with Crippen LogP contribution in [0.4, 0.5) is 0 Å². The summed E-state index contributed by atoms with van der Waals surface area (Å²) in [4.78, 5) is 10.5. The van der Waals surface area contributed by atoms with Gasteiger partial charge in [0.15, 0.2) is 0 Å². The smallest absolute Gasteiger partial charge is 0.236 e. The van der Waals surface area contributed by atoms with Crippen LogP contribution in [0.25, 0.3) is 0 Å². The minimum atomic E-state index is -0.201. The highest BCUT2D eigenvalue weighted by atomic mass is 16.5. The number of hydrogen-bond donors (Lipinski definition) is 1. The van der Waals surface area contributed by atoms with Gasteiger partial charge in [-0.25, -0.2) is 4.98 Å². The second kappa shape index (κ2) is 4.55. The molecule has 0 bridgehead atoms. The van der Waals surface area contributed by atoms with Crippen molar-refractivity contribution in [3.05, 3.63) is 18.1 Å². The number of rotatable bonds is 3. The van der Waals surface area contributed by atoms with E-state index in [1.165, 1.54) is 0 Å². The molecule has 1 aliphatic heterocycles. The lowest BCUT2D eigenvalue weighted by Crippen LogP contribution is -2.22. The highest BCUT2D eigenvalue weighted by molar-refractivity contribution is 5.17. The number of nitrogens with zero attached hydrogens (tertiary/aromatic N) is 3. The molecule has 2 heterocycles. The van der Waals surface area contributed by atoms with E-state index in [0.717, 1.165) is 18.7 Å². The van der Waals surface area contributed by atoms with E-state index in [9.17, 15) is 5.11 Å². The molecule has 2 rings (SSSR count). The maximum atomic E-state index is 9.40. The minimum Gasteiger partial charge on any atom is -0.480 e. The summed E-state index contributed by atoms with van der Waals surface area (Å²) in [5.41, 5.74) is 0.828. The summed E-state index contributed by atoms with van der Waals surface area (Å²) in [5, 5.41) is 9.40. The normalized spacial score (nSPS) is 21.9. The molecule has 5 nitrogen and oxygen atoms in total. The van der Waals surface area contributed by atoms with Crippen molar-refractivity contribution in [3.8, 4) is 5.88 Å². The number of ether oxygens (including phenoxy) is 1. The summed E-state index contributed by atoms with van der Waals surface area (Å²) in [7, 11) is 1.59. The number of β-amino-alcohol motifs (C(OH)–C–C–N with tert-alkyl or cyclic N) is 1. The molecule has 1 fully saturated rings. The molecule has 0 radical (unpaired) electrons. The van der Waals surface area contributed by atoms with Gasteiger partial charge in [-0.1, -0.05) is 0 Å². The van der Waals surface area contributed by atoms with Crippen LogP contribution in [0.15, 0.2) is 12.4 Å². The van der Waals surface area contributed by atoms with Crippen molar-refractivity contribution >= 4 is 0 Å². The minimum absolute atomic E-state index is 0.201. The maximum Gasteiger partial charge on any atom is 0.236 e. The van der Waals surface area contributed by atoms with Crippen LogP contribution in [0.5, 0.6) is 5.88 Å². The first-order valence-corrected chi connectivity index (χ1v) is 5.04. The Morgan fingerprint density at radius 3 is 3.00 bits per heavy atom. The molecule has 0 amide bonds. The third-order valence-corrected chi connectivity index (χ3v) is 2.55. The van der Waals surface area contributed by atoms with Gasteiger partial charge in [0.05, 0.1) is 13.2 Å².